The van der Waals surface area contributed by atoms with Gasteiger partial charge < -0.3 is 0 Å². The fourth-order valence-electron chi connectivity index (χ4n) is 2.93. The van der Waals surface area contributed by atoms with Crippen molar-refractivity contribution >= 4 is 31.9 Å². The molecule has 132 valence electrons. The molecule has 0 saturated heterocycles. The van der Waals surface area contributed by atoms with Crippen molar-refractivity contribution in [1.29, 1.82) is 0 Å². The second-order valence-electron chi connectivity index (χ2n) is 6.45. The lowest BCUT2D eigenvalue weighted by Crippen LogP contribution is -1.86. The number of hydrogen-bond acceptors (Lipinski definition) is 0. The minimum Gasteiger partial charge on any atom is -0.207 e. The molecule has 1 nitrogen and oxygen atoms in total. The van der Waals surface area contributed by atoms with Crippen molar-refractivity contribution in [2.75, 3.05) is 0 Å². The van der Waals surface area contributed by atoms with Crippen molar-refractivity contribution in [3.05, 3.63) is 99.4 Å². The SMILES string of the molecule is Cc1ccc(-c2cc(-c3ccc(Br)cc3)[o+]c(-c3ccc(Br)cc3)c2)cc1. The first-order valence-corrected chi connectivity index (χ1v) is 10.2. The molecule has 0 spiro atoms. The Labute approximate surface area is 176 Å². The molecule has 0 aliphatic carbocycles. The first-order valence-electron chi connectivity index (χ1n) is 8.66. The highest BCUT2D eigenvalue weighted by Crippen LogP contribution is 2.33. The van der Waals surface area contributed by atoms with Gasteiger partial charge in [-0.15, -0.1) is 0 Å². The van der Waals surface area contributed by atoms with Crippen molar-refractivity contribution in [1.82, 2.24) is 0 Å². The molecule has 0 saturated carbocycles. The fraction of sp³-hybridized carbons (Fsp3) is 0.0417. The summed E-state index contributed by atoms with van der Waals surface area (Å²) < 4.78 is 8.38. The van der Waals surface area contributed by atoms with Gasteiger partial charge >= 0.3 is 11.5 Å². The summed E-state index contributed by atoms with van der Waals surface area (Å²) in [5.41, 5.74) is 5.65. The van der Waals surface area contributed by atoms with E-state index in [1.54, 1.807) is 0 Å². The van der Waals surface area contributed by atoms with Crippen molar-refractivity contribution < 1.29 is 4.42 Å². The van der Waals surface area contributed by atoms with Crippen LogP contribution in [-0.4, -0.2) is 0 Å². The number of rotatable bonds is 3. The maximum atomic E-state index is 6.28. The highest BCUT2D eigenvalue weighted by Gasteiger charge is 2.20. The molecule has 0 fully saturated rings. The van der Waals surface area contributed by atoms with Gasteiger partial charge in [-0.3, -0.25) is 0 Å². The average molecular weight is 481 g/mol. The maximum absolute atomic E-state index is 6.28. The fourth-order valence-corrected chi connectivity index (χ4v) is 3.46. The zero-order valence-electron chi connectivity index (χ0n) is 14.7. The van der Waals surface area contributed by atoms with Gasteiger partial charge in [0.2, 0.25) is 0 Å². The molecule has 0 aliphatic rings. The minimum absolute atomic E-state index is 0.846. The first-order chi connectivity index (χ1) is 13.1. The van der Waals surface area contributed by atoms with E-state index in [2.05, 4.69) is 99.4 Å². The van der Waals surface area contributed by atoms with Crippen LogP contribution in [0.4, 0.5) is 0 Å². The molecular weight excluding hydrogens is 464 g/mol. The molecule has 3 heteroatoms. The number of halogens is 2. The molecule has 0 amide bonds. The van der Waals surface area contributed by atoms with E-state index < -0.39 is 0 Å². The van der Waals surface area contributed by atoms with E-state index in [1.165, 1.54) is 11.1 Å². The average Bonchev–Trinajstić information content (AvgIpc) is 2.69. The molecule has 1 heterocycles. The third-order valence-corrected chi connectivity index (χ3v) is 5.49. The Bertz CT molecular complexity index is 913. The minimum atomic E-state index is 0.846. The quantitative estimate of drug-likeness (QED) is 0.268. The van der Waals surface area contributed by atoms with E-state index in [0.29, 0.717) is 0 Å². The Morgan fingerprint density at radius 2 is 0.926 bits per heavy atom. The van der Waals surface area contributed by atoms with Crippen LogP contribution in [0.15, 0.2) is 98.3 Å². The van der Waals surface area contributed by atoms with E-state index in [0.717, 1.165) is 37.2 Å². The van der Waals surface area contributed by atoms with E-state index in [4.69, 9.17) is 4.42 Å². The molecule has 0 aliphatic heterocycles. The normalized spacial score (nSPS) is 10.8. The van der Waals surface area contributed by atoms with Crippen molar-refractivity contribution in [2.24, 2.45) is 0 Å². The monoisotopic (exact) mass is 479 g/mol. The molecule has 0 radical (unpaired) electrons. The van der Waals surface area contributed by atoms with Gasteiger partial charge in [-0.2, -0.15) is 0 Å². The highest BCUT2D eigenvalue weighted by molar-refractivity contribution is 9.10. The Morgan fingerprint density at radius 3 is 1.37 bits per heavy atom. The van der Waals surface area contributed by atoms with E-state index in [1.807, 2.05) is 24.3 Å². The predicted octanol–water partition coefficient (Wildman–Crippen LogP) is 8.40. The van der Waals surface area contributed by atoms with E-state index in [-0.39, 0.29) is 0 Å². The van der Waals surface area contributed by atoms with E-state index >= 15 is 0 Å². The standard InChI is InChI=1S/C24H17Br2O/c1-16-2-4-17(5-3-16)20-14-23(18-6-10-21(25)11-7-18)27-24(15-20)19-8-12-22(26)13-9-19/h2-15H,1H3/q+1. The smallest absolute Gasteiger partial charge is 0.207 e. The van der Waals surface area contributed by atoms with Gasteiger partial charge in [0.1, 0.15) is 0 Å². The molecule has 4 aromatic rings. The van der Waals surface area contributed by atoms with Crippen LogP contribution in [0.5, 0.6) is 0 Å². The van der Waals surface area contributed by atoms with E-state index in [9.17, 15) is 0 Å². The molecule has 0 atom stereocenters. The Hall–Kier alpha value is -2.23. The van der Waals surface area contributed by atoms with Gasteiger partial charge in [0.05, 0.1) is 23.3 Å². The van der Waals surface area contributed by atoms with Crippen molar-refractivity contribution in [3.63, 3.8) is 0 Å². The van der Waals surface area contributed by atoms with Gasteiger partial charge in [-0.25, -0.2) is 4.42 Å². The third-order valence-electron chi connectivity index (χ3n) is 4.44. The highest BCUT2D eigenvalue weighted by atomic mass is 79.9. The van der Waals surface area contributed by atoms with Crippen LogP contribution in [-0.2, 0) is 0 Å². The van der Waals surface area contributed by atoms with Crippen LogP contribution in [0, 0.1) is 6.92 Å². The molecule has 4 rings (SSSR count). The number of benzene rings is 3. The summed E-state index contributed by atoms with van der Waals surface area (Å²) in [6.07, 6.45) is 0. The first kappa shape index (κ1) is 18.1. The summed E-state index contributed by atoms with van der Waals surface area (Å²) in [6.45, 7) is 2.10. The van der Waals surface area contributed by atoms with Gasteiger partial charge in [0, 0.05) is 14.5 Å². The molecular formula is C24H17Br2O+. The summed E-state index contributed by atoms with van der Waals surface area (Å²) in [7, 11) is 0. The lowest BCUT2D eigenvalue weighted by molar-refractivity contribution is 0.582. The Kier molecular flexibility index (Phi) is 5.24. The van der Waals surface area contributed by atoms with Crippen LogP contribution in [0.1, 0.15) is 5.56 Å². The van der Waals surface area contributed by atoms with Gasteiger partial charge in [-0.1, -0.05) is 61.7 Å². The lowest BCUT2D eigenvalue weighted by atomic mass is 10.0. The van der Waals surface area contributed by atoms with Crippen LogP contribution in [0.25, 0.3) is 33.8 Å². The maximum Gasteiger partial charge on any atom is 0.361 e. The summed E-state index contributed by atoms with van der Waals surface area (Å²) in [6, 6.07) is 29.2. The summed E-state index contributed by atoms with van der Waals surface area (Å²) in [4.78, 5) is 0. The number of aryl methyl sites for hydroxylation is 1. The van der Waals surface area contributed by atoms with Crippen LogP contribution < -0.4 is 0 Å². The van der Waals surface area contributed by atoms with Gasteiger partial charge in [0.15, 0.2) is 0 Å². The summed E-state index contributed by atoms with van der Waals surface area (Å²) in [5, 5.41) is 0. The molecule has 3 aromatic carbocycles. The molecule has 27 heavy (non-hydrogen) atoms. The van der Waals surface area contributed by atoms with Crippen LogP contribution in [0.3, 0.4) is 0 Å². The predicted molar refractivity (Wildman–Crippen MR) is 120 cm³/mol. The Balaban J connectivity index is 1.89. The molecule has 1 aromatic heterocycles. The third kappa shape index (κ3) is 4.20. The summed E-state index contributed by atoms with van der Waals surface area (Å²) in [5.74, 6) is 1.69. The summed E-state index contributed by atoms with van der Waals surface area (Å²) >= 11 is 7.00. The molecule has 0 N–H and O–H groups in total. The zero-order valence-corrected chi connectivity index (χ0v) is 17.9. The topological polar surface area (TPSA) is 11.3 Å². The van der Waals surface area contributed by atoms with Crippen LogP contribution >= 0.6 is 31.9 Å². The zero-order chi connectivity index (χ0) is 18.8. The van der Waals surface area contributed by atoms with Crippen LogP contribution in [0.2, 0.25) is 0 Å². The molecule has 0 bridgehead atoms. The lowest BCUT2D eigenvalue weighted by Gasteiger charge is -2.03. The molecule has 0 unspecified atom stereocenters. The second kappa shape index (κ2) is 7.79. The van der Waals surface area contributed by atoms with Gasteiger partial charge in [-0.05, 0) is 61.0 Å². The number of hydrogen-bond donors (Lipinski definition) is 0. The van der Waals surface area contributed by atoms with Crippen molar-refractivity contribution in [3.8, 4) is 33.8 Å². The van der Waals surface area contributed by atoms with Gasteiger partial charge in [0.25, 0.3) is 0 Å². The largest absolute Gasteiger partial charge is 0.361 e. The second-order valence-corrected chi connectivity index (χ2v) is 8.29. The van der Waals surface area contributed by atoms with Crippen molar-refractivity contribution in [2.45, 2.75) is 6.92 Å². The Morgan fingerprint density at radius 1 is 0.519 bits per heavy atom.